The second-order valence-electron chi connectivity index (χ2n) is 4.80. The third kappa shape index (κ3) is 3.01. The quantitative estimate of drug-likeness (QED) is 0.748. The summed E-state index contributed by atoms with van der Waals surface area (Å²) in [5.74, 6) is 0.236. The minimum absolute atomic E-state index is 0.467. The number of fused-ring (bicyclic) bond motifs is 2. The lowest BCUT2D eigenvalue weighted by molar-refractivity contribution is -0.122. The lowest BCUT2D eigenvalue weighted by Crippen LogP contribution is -2.33. The Morgan fingerprint density at radius 1 is 1.00 bits per heavy atom. The van der Waals surface area contributed by atoms with Gasteiger partial charge in [-0.2, -0.15) is 0 Å². The fourth-order valence-electron chi connectivity index (χ4n) is 2.15. The van der Waals surface area contributed by atoms with Crippen LogP contribution in [-0.4, -0.2) is 12.0 Å². The third-order valence-corrected chi connectivity index (χ3v) is 3.27. The molecule has 1 aromatic heterocycles. The summed E-state index contributed by atoms with van der Waals surface area (Å²) in [5.41, 5.74) is 7.04. The lowest BCUT2D eigenvalue weighted by atomic mass is 10.1. The number of hydrogen-bond acceptors (Lipinski definition) is 3. The Morgan fingerprint density at radius 2 is 1.77 bits per heavy atom. The molecular weight excluding hydrogens is 278 g/mol. The van der Waals surface area contributed by atoms with E-state index in [-0.39, 0.29) is 0 Å². The first-order chi connectivity index (χ1) is 10.7. The van der Waals surface area contributed by atoms with Gasteiger partial charge in [0.05, 0.1) is 6.26 Å². The Labute approximate surface area is 127 Å². The van der Waals surface area contributed by atoms with E-state index >= 15 is 0 Å². The van der Waals surface area contributed by atoms with Crippen molar-refractivity contribution < 1.29 is 13.9 Å². The number of furan rings is 1. The average molecular weight is 293 g/mol. The number of rotatable bonds is 1. The monoisotopic (exact) mass is 293 g/mol. The Morgan fingerprint density at radius 3 is 2.59 bits per heavy atom. The van der Waals surface area contributed by atoms with Gasteiger partial charge in [0.25, 0.3) is 5.91 Å². The molecule has 0 radical (unpaired) electrons. The maximum atomic E-state index is 10.8. The van der Waals surface area contributed by atoms with Crippen molar-refractivity contribution in [2.45, 2.75) is 6.10 Å². The summed E-state index contributed by atoms with van der Waals surface area (Å²) in [4.78, 5) is 10.8. The zero-order valence-electron chi connectivity index (χ0n) is 11.8. The van der Waals surface area contributed by atoms with E-state index in [9.17, 15) is 4.79 Å². The Hall–Kier alpha value is -3.01. The molecule has 2 N–H and O–H groups in total. The SMILES string of the molecule is NC(=O)C1C=Cc2ccccc2O1.c1ccc2occc2c1. The van der Waals surface area contributed by atoms with Crippen molar-refractivity contribution in [3.05, 3.63) is 72.5 Å². The highest BCUT2D eigenvalue weighted by Crippen LogP contribution is 2.24. The Balaban J connectivity index is 0.000000139. The van der Waals surface area contributed by atoms with Crippen LogP contribution in [0.5, 0.6) is 5.75 Å². The molecule has 1 amide bonds. The molecule has 2 aromatic carbocycles. The van der Waals surface area contributed by atoms with E-state index in [1.807, 2.05) is 60.7 Å². The molecule has 0 spiro atoms. The van der Waals surface area contributed by atoms with Gasteiger partial charge in [-0.05, 0) is 24.3 Å². The predicted molar refractivity (Wildman–Crippen MR) is 85.3 cm³/mol. The molecule has 1 aliphatic rings. The molecule has 3 aromatic rings. The molecule has 4 heteroatoms. The maximum absolute atomic E-state index is 10.8. The molecule has 1 aliphatic heterocycles. The Kier molecular flexibility index (Phi) is 3.92. The van der Waals surface area contributed by atoms with E-state index in [4.69, 9.17) is 14.9 Å². The van der Waals surface area contributed by atoms with Crippen LogP contribution in [-0.2, 0) is 4.79 Å². The van der Waals surface area contributed by atoms with Gasteiger partial charge in [0.15, 0.2) is 6.10 Å². The minimum Gasteiger partial charge on any atom is -0.476 e. The molecule has 22 heavy (non-hydrogen) atoms. The van der Waals surface area contributed by atoms with Gasteiger partial charge in [0.1, 0.15) is 11.3 Å². The second-order valence-corrected chi connectivity index (χ2v) is 4.80. The van der Waals surface area contributed by atoms with Crippen LogP contribution in [0, 0.1) is 0 Å². The molecule has 2 heterocycles. The van der Waals surface area contributed by atoms with Crippen LogP contribution in [0.15, 0.2) is 71.4 Å². The number of amides is 1. The highest BCUT2D eigenvalue weighted by atomic mass is 16.5. The van der Waals surface area contributed by atoms with Crippen molar-refractivity contribution >= 4 is 23.0 Å². The fraction of sp³-hybridized carbons (Fsp3) is 0.0556. The van der Waals surface area contributed by atoms with Gasteiger partial charge in [0.2, 0.25) is 0 Å². The molecule has 0 aliphatic carbocycles. The average Bonchev–Trinajstić information content (AvgIpc) is 3.03. The largest absolute Gasteiger partial charge is 0.476 e. The molecule has 4 rings (SSSR count). The number of hydrogen-bond donors (Lipinski definition) is 1. The number of primary amides is 1. The number of carbonyl (C=O) groups excluding carboxylic acids is 1. The summed E-state index contributed by atoms with van der Waals surface area (Å²) in [6, 6.07) is 17.4. The molecule has 1 unspecified atom stereocenters. The van der Waals surface area contributed by atoms with Gasteiger partial charge < -0.3 is 14.9 Å². The number of ether oxygens (including phenoxy) is 1. The van der Waals surface area contributed by atoms with Crippen LogP contribution >= 0.6 is 0 Å². The van der Waals surface area contributed by atoms with E-state index in [0.717, 1.165) is 16.5 Å². The zero-order chi connectivity index (χ0) is 15.4. The molecular formula is C18H15NO3. The summed E-state index contributed by atoms with van der Waals surface area (Å²) in [6.07, 6.45) is 4.57. The third-order valence-electron chi connectivity index (χ3n) is 3.27. The van der Waals surface area contributed by atoms with Crippen LogP contribution < -0.4 is 10.5 Å². The predicted octanol–water partition coefficient (Wildman–Crippen LogP) is 3.38. The van der Waals surface area contributed by atoms with E-state index in [0.29, 0.717) is 5.75 Å². The summed E-state index contributed by atoms with van der Waals surface area (Å²) >= 11 is 0. The van der Waals surface area contributed by atoms with Crippen LogP contribution in [0.25, 0.3) is 17.0 Å². The highest BCUT2D eigenvalue weighted by Gasteiger charge is 2.18. The van der Waals surface area contributed by atoms with Gasteiger partial charge in [-0.15, -0.1) is 0 Å². The van der Waals surface area contributed by atoms with E-state index in [1.165, 1.54) is 0 Å². The van der Waals surface area contributed by atoms with Crippen molar-refractivity contribution in [3.8, 4) is 5.75 Å². The molecule has 1 atom stereocenters. The topological polar surface area (TPSA) is 65.5 Å². The summed E-state index contributed by atoms with van der Waals surface area (Å²) in [6.45, 7) is 0. The first-order valence-corrected chi connectivity index (χ1v) is 6.89. The van der Waals surface area contributed by atoms with E-state index in [1.54, 1.807) is 12.3 Å². The van der Waals surface area contributed by atoms with E-state index < -0.39 is 12.0 Å². The molecule has 0 bridgehead atoms. The van der Waals surface area contributed by atoms with Crippen LogP contribution in [0.1, 0.15) is 5.56 Å². The van der Waals surface area contributed by atoms with Gasteiger partial charge in [-0.1, -0.05) is 42.5 Å². The minimum atomic E-state index is -0.630. The van der Waals surface area contributed by atoms with Gasteiger partial charge in [-0.25, -0.2) is 0 Å². The highest BCUT2D eigenvalue weighted by molar-refractivity contribution is 5.83. The maximum Gasteiger partial charge on any atom is 0.262 e. The van der Waals surface area contributed by atoms with Crippen LogP contribution in [0.2, 0.25) is 0 Å². The number of nitrogens with two attached hydrogens (primary N) is 1. The molecule has 0 saturated carbocycles. The van der Waals surface area contributed by atoms with Crippen molar-refractivity contribution in [1.29, 1.82) is 0 Å². The summed E-state index contributed by atoms with van der Waals surface area (Å²) in [7, 11) is 0. The summed E-state index contributed by atoms with van der Waals surface area (Å²) < 4.78 is 10.4. The normalized spacial score (nSPS) is 15.4. The molecule has 110 valence electrons. The van der Waals surface area contributed by atoms with Crippen LogP contribution in [0.4, 0.5) is 0 Å². The number of benzene rings is 2. The molecule has 0 fully saturated rings. The van der Waals surface area contributed by atoms with Crippen molar-refractivity contribution in [3.63, 3.8) is 0 Å². The zero-order valence-corrected chi connectivity index (χ0v) is 11.8. The standard InChI is InChI=1S/C10H9NO2.C8H6O/c11-10(12)9-6-5-7-3-1-2-4-8(7)13-9;1-2-4-8-7(3-1)5-6-9-8/h1-6,9H,(H2,11,12);1-6H. The number of carbonyl (C=O) groups is 1. The first kappa shape index (κ1) is 13.9. The van der Waals surface area contributed by atoms with Gasteiger partial charge in [-0.3, -0.25) is 4.79 Å². The second kappa shape index (κ2) is 6.18. The Bertz CT molecular complexity index is 790. The molecule has 4 nitrogen and oxygen atoms in total. The fourth-order valence-corrected chi connectivity index (χ4v) is 2.15. The number of para-hydroxylation sites is 2. The first-order valence-electron chi connectivity index (χ1n) is 6.89. The van der Waals surface area contributed by atoms with Crippen molar-refractivity contribution in [2.24, 2.45) is 5.73 Å². The van der Waals surface area contributed by atoms with Crippen molar-refractivity contribution in [2.75, 3.05) is 0 Å². The summed E-state index contributed by atoms with van der Waals surface area (Å²) in [5, 5.41) is 1.16. The van der Waals surface area contributed by atoms with Gasteiger partial charge in [0, 0.05) is 10.9 Å². The van der Waals surface area contributed by atoms with Crippen LogP contribution in [0.3, 0.4) is 0 Å². The smallest absolute Gasteiger partial charge is 0.262 e. The lowest BCUT2D eigenvalue weighted by Gasteiger charge is -2.18. The molecule has 0 saturated heterocycles. The van der Waals surface area contributed by atoms with Gasteiger partial charge >= 0.3 is 0 Å². The van der Waals surface area contributed by atoms with E-state index in [2.05, 4.69) is 0 Å². The van der Waals surface area contributed by atoms with Crippen molar-refractivity contribution in [1.82, 2.24) is 0 Å².